The van der Waals surface area contributed by atoms with E-state index in [0.717, 1.165) is 12.8 Å². The molecule has 1 saturated carbocycles. The molecule has 1 aromatic rings. The van der Waals surface area contributed by atoms with E-state index in [1.54, 1.807) is 25.3 Å². The number of hydrogen-bond donors (Lipinski definition) is 0. The Kier molecular flexibility index (Phi) is 4.77. The fourth-order valence-electron chi connectivity index (χ4n) is 2.46. The summed E-state index contributed by atoms with van der Waals surface area (Å²) < 4.78 is 11.2. The number of benzene rings is 1. The number of ketones is 2. The molecule has 1 aliphatic rings. The molecule has 108 valence electrons. The van der Waals surface area contributed by atoms with Crippen LogP contribution in [-0.2, 0) is 4.79 Å². The van der Waals surface area contributed by atoms with Crippen molar-refractivity contribution in [3.63, 3.8) is 0 Å². The van der Waals surface area contributed by atoms with Gasteiger partial charge in [0.1, 0.15) is 5.78 Å². The second-order valence-electron chi connectivity index (χ2n) is 5.19. The molecule has 1 aromatic carbocycles. The molecule has 0 aliphatic heterocycles. The third-order valence-electron chi connectivity index (χ3n) is 3.49. The monoisotopic (exact) mass is 276 g/mol. The van der Waals surface area contributed by atoms with Gasteiger partial charge in [-0.25, -0.2) is 0 Å². The van der Waals surface area contributed by atoms with E-state index in [0.29, 0.717) is 17.1 Å². The van der Waals surface area contributed by atoms with E-state index in [2.05, 4.69) is 0 Å². The van der Waals surface area contributed by atoms with E-state index in [9.17, 15) is 9.59 Å². The minimum atomic E-state index is -0.184. The standard InChI is InChI=1S/C16H20O4/c1-11(17)9-14(18)12-7-8-15(19-2)16(10-12)20-13-5-3-4-6-13/h7-8,10,13H,3-6,9H2,1-2H3. The Hall–Kier alpha value is -1.84. The fourth-order valence-corrected chi connectivity index (χ4v) is 2.46. The molecule has 0 unspecified atom stereocenters. The number of carbonyl (C=O) groups excluding carboxylic acids is 2. The lowest BCUT2D eigenvalue weighted by Crippen LogP contribution is -2.12. The molecule has 0 spiro atoms. The van der Waals surface area contributed by atoms with Crippen LogP contribution in [-0.4, -0.2) is 24.8 Å². The maximum atomic E-state index is 11.9. The van der Waals surface area contributed by atoms with Gasteiger partial charge < -0.3 is 9.47 Å². The number of methoxy groups -OCH3 is 1. The molecule has 0 bridgehead atoms. The molecule has 4 nitrogen and oxygen atoms in total. The van der Waals surface area contributed by atoms with Gasteiger partial charge in [0.25, 0.3) is 0 Å². The van der Waals surface area contributed by atoms with Crippen molar-refractivity contribution in [3.8, 4) is 11.5 Å². The van der Waals surface area contributed by atoms with E-state index in [-0.39, 0.29) is 24.1 Å². The van der Waals surface area contributed by atoms with E-state index in [1.165, 1.54) is 19.8 Å². The Balaban J connectivity index is 2.18. The van der Waals surface area contributed by atoms with E-state index >= 15 is 0 Å². The van der Waals surface area contributed by atoms with Crippen molar-refractivity contribution in [2.75, 3.05) is 7.11 Å². The molecule has 4 heteroatoms. The lowest BCUT2D eigenvalue weighted by atomic mass is 10.1. The first kappa shape index (κ1) is 14.6. The van der Waals surface area contributed by atoms with Gasteiger partial charge in [-0.15, -0.1) is 0 Å². The molecule has 0 radical (unpaired) electrons. The molecule has 1 fully saturated rings. The van der Waals surface area contributed by atoms with Gasteiger partial charge in [0, 0.05) is 5.56 Å². The first-order chi connectivity index (χ1) is 9.60. The number of rotatable bonds is 6. The molecule has 0 heterocycles. The normalized spacial score (nSPS) is 15.1. The smallest absolute Gasteiger partial charge is 0.170 e. The molecule has 0 aromatic heterocycles. The quantitative estimate of drug-likeness (QED) is 0.591. The van der Waals surface area contributed by atoms with Gasteiger partial charge in [0.15, 0.2) is 17.3 Å². The zero-order valence-corrected chi connectivity index (χ0v) is 12.0. The largest absolute Gasteiger partial charge is 0.493 e. The molecular weight excluding hydrogens is 256 g/mol. The van der Waals surface area contributed by atoms with Crippen LogP contribution in [0, 0.1) is 0 Å². The van der Waals surface area contributed by atoms with Crippen molar-refractivity contribution in [1.82, 2.24) is 0 Å². The number of hydrogen-bond acceptors (Lipinski definition) is 4. The van der Waals surface area contributed by atoms with Crippen molar-refractivity contribution in [3.05, 3.63) is 23.8 Å². The topological polar surface area (TPSA) is 52.6 Å². The summed E-state index contributed by atoms with van der Waals surface area (Å²) in [6.45, 7) is 1.41. The molecule has 1 aliphatic carbocycles. The van der Waals surface area contributed by atoms with Crippen LogP contribution < -0.4 is 9.47 Å². The molecule has 0 saturated heterocycles. The Bertz CT molecular complexity index is 501. The van der Waals surface area contributed by atoms with Crippen LogP contribution in [0.5, 0.6) is 11.5 Å². The van der Waals surface area contributed by atoms with Gasteiger partial charge in [-0.05, 0) is 50.8 Å². The van der Waals surface area contributed by atoms with Crippen LogP contribution in [0.4, 0.5) is 0 Å². The van der Waals surface area contributed by atoms with E-state index in [1.807, 2.05) is 0 Å². The van der Waals surface area contributed by atoms with Crippen molar-refractivity contribution in [2.45, 2.75) is 45.1 Å². The SMILES string of the molecule is COc1ccc(C(=O)CC(C)=O)cc1OC1CCCC1. The van der Waals surface area contributed by atoms with Gasteiger partial charge in [-0.2, -0.15) is 0 Å². The molecule has 2 rings (SSSR count). The third-order valence-corrected chi connectivity index (χ3v) is 3.49. The molecular formula is C16H20O4. The summed E-state index contributed by atoms with van der Waals surface area (Å²) >= 11 is 0. The second-order valence-corrected chi connectivity index (χ2v) is 5.19. The highest BCUT2D eigenvalue weighted by atomic mass is 16.5. The van der Waals surface area contributed by atoms with E-state index < -0.39 is 0 Å². The Morgan fingerprint density at radius 3 is 2.50 bits per heavy atom. The maximum Gasteiger partial charge on any atom is 0.170 e. The Labute approximate surface area is 119 Å². The summed E-state index contributed by atoms with van der Waals surface area (Å²) in [5.41, 5.74) is 0.494. The summed E-state index contributed by atoms with van der Waals surface area (Å²) in [6.07, 6.45) is 4.55. The summed E-state index contributed by atoms with van der Waals surface area (Å²) in [5.74, 6) is 0.894. The summed E-state index contributed by atoms with van der Waals surface area (Å²) in [7, 11) is 1.58. The van der Waals surface area contributed by atoms with Crippen LogP contribution in [0.25, 0.3) is 0 Å². The number of ether oxygens (including phenoxy) is 2. The molecule has 0 N–H and O–H groups in total. The molecule has 0 amide bonds. The Morgan fingerprint density at radius 1 is 1.20 bits per heavy atom. The van der Waals surface area contributed by atoms with Crippen LogP contribution in [0.1, 0.15) is 49.4 Å². The minimum absolute atomic E-state index is 0.0742. The van der Waals surface area contributed by atoms with Gasteiger partial charge in [0.05, 0.1) is 19.6 Å². The first-order valence-corrected chi connectivity index (χ1v) is 6.97. The summed E-state index contributed by atoms with van der Waals surface area (Å²) in [4.78, 5) is 23.0. The predicted molar refractivity (Wildman–Crippen MR) is 75.5 cm³/mol. The zero-order valence-electron chi connectivity index (χ0n) is 12.0. The van der Waals surface area contributed by atoms with Crippen LogP contribution in [0.3, 0.4) is 0 Å². The number of carbonyl (C=O) groups is 2. The molecule has 0 atom stereocenters. The Morgan fingerprint density at radius 2 is 1.90 bits per heavy atom. The average Bonchev–Trinajstić information content (AvgIpc) is 2.90. The summed E-state index contributed by atoms with van der Waals surface area (Å²) in [5, 5.41) is 0. The number of Topliss-reactive ketones (excluding diaryl/α,β-unsaturated/α-hetero) is 2. The fraction of sp³-hybridized carbons (Fsp3) is 0.500. The van der Waals surface area contributed by atoms with Crippen molar-refractivity contribution in [1.29, 1.82) is 0 Å². The van der Waals surface area contributed by atoms with E-state index in [4.69, 9.17) is 9.47 Å². The van der Waals surface area contributed by atoms with Crippen molar-refractivity contribution >= 4 is 11.6 Å². The van der Waals surface area contributed by atoms with Crippen LogP contribution >= 0.6 is 0 Å². The lowest BCUT2D eigenvalue weighted by molar-refractivity contribution is -0.116. The minimum Gasteiger partial charge on any atom is -0.493 e. The zero-order chi connectivity index (χ0) is 14.5. The van der Waals surface area contributed by atoms with Gasteiger partial charge in [0.2, 0.25) is 0 Å². The van der Waals surface area contributed by atoms with Crippen LogP contribution in [0.15, 0.2) is 18.2 Å². The maximum absolute atomic E-state index is 11.9. The predicted octanol–water partition coefficient (Wildman–Crippen LogP) is 3.18. The van der Waals surface area contributed by atoms with Crippen LogP contribution in [0.2, 0.25) is 0 Å². The van der Waals surface area contributed by atoms with Gasteiger partial charge in [-0.3, -0.25) is 9.59 Å². The highest BCUT2D eigenvalue weighted by Gasteiger charge is 2.19. The highest BCUT2D eigenvalue weighted by Crippen LogP contribution is 2.32. The highest BCUT2D eigenvalue weighted by molar-refractivity contribution is 6.07. The average molecular weight is 276 g/mol. The van der Waals surface area contributed by atoms with Gasteiger partial charge in [-0.1, -0.05) is 0 Å². The molecule has 20 heavy (non-hydrogen) atoms. The second kappa shape index (κ2) is 6.55. The van der Waals surface area contributed by atoms with Crippen molar-refractivity contribution < 1.29 is 19.1 Å². The summed E-state index contributed by atoms with van der Waals surface area (Å²) in [6, 6.07) is 5.08. The third kappa shape index (κ3) is 3.59. The van der Waals surface area contributed by atoms with Crippen molar-refractivity contribution in [2.24, 2.45) is 0 Å². The lowest BCUT2D eigenvalue weighted by Gasteiger charge is -2.16. The first-order valence-electron chi connectivity index (χ1n) is 6.97. The van der Waals surface area contributed by atoms with Gasteiger partial charge >= 0.3 is 0 Å².